The number of halogens is 6. The third-order valence-corrected chi connectivity index (χ3v) is 6.97. The number of hydrogen-bond donors (Lipinski definition) is 0. The van der Waals surface area contributed by atoms with Crippen LogP contribution in [0.1, 0.15) is 65.2 Å². The second kappa shape index (κ2) is 13.3. The van der Waals surface area contributed by atoms with Gasteiger partial charge in [0.1, 0.15) is 7.05 Å². The van der Waals surface area contributed by atoms with Crippen LogP contribution in [-0.2, 0) is 7.05 Å². The van der Waals surface area contributed by atoms with E-state index in [1.165, 1.54) is 91.8 Å². The number of pyridine rings is 1. The van der Waals surface area contributed by atoms with Gasteiger partial charge in [0, 0.05) is 30.9 Å². The molecule has 0 fully saturated rings. The molecule has 0 radical (unpaired) electrons. The van der Waals surface area contributed by atoms with Gasteiger partial charge in [0.25, 0.3) is 0 Å². The Morgan fingerprint density at radius 3 is 1.89 bits per heavy atom. The van der Waals surface area contributed by atoms with Crippen molar-refractivity contribution in [2.24, 2.45) is 7.05 Å². The molecule has 0 N–H and O–H groups in total. The molecule has 0 aliphatic heterocycles. The van der Waals surface area contributed by atoms with Crippen molar-refractivity contribution in [2.45, 2.75) is 65.2 Å². The Morgan fingerprint density at radius 2 is 1.34 bits per heavy atom. The summed E-state index contributed by atoms with van der Waals surface area (Å²) in [5, 5.41) is 2.30. The van der Waals surface area contributed by atoms with Crippen molar-refractivity contribution in [1.82, 2.24) is 0 Å². The summed E-state index contributed by atoms with van der Waals surface area (Å²) in [5.74, 6) is 0. The summed E-state index contributed by atoms with van der Waals surface area (Å²) >= 11 is 1.83. The molecule has 0 saturated carbocycles. The van der Waals surface area contributed by atoms with Crippen LogP contribution in [0.5, 0.6) is 0 Å². The zero-order valence-corrected chi connectivity index (χ0v) is 24.1. The molecule has 3 aromatic rings. The topological polar surface area (TPSA) is 7.12 Å². The minimum absolute atomic E-state index is 1.17. The van der Waals surface area contributed by atoms with Gasteiger partial charge in [-0.3, -0.25) is 0 Å². The van der Waals surface area contributed by atoms with Gasteiger partial charge in [-0.15, -0.1) is 11.3 Å². The summed E-state index contributed by atoms with van der Waals surface area (Å²) in [5.41, 5.74) is 5.29. The van der Waals surface area contributed by atoms with Crippen LogP contribution < -0.4 is 9.47 Å². The van der Waals surface area contributed by atoms with Gasteiger partial charge in [-0.2, -0.15) is 0 Å². The van der Waals surface area contributed by atoms with E-state index in [2.05, 4.69) is 90.5 Å². The van der Waals surface area contributed by atoms with E-state index in [0.717, 1.165) is 0 Å². The number of thiophene rings is 1. The Bertz CT molecular complexity index is 1110. The van der Waals surface area contributed by atoms with Crippen LogP contribution in [0.15, 0.2) is 60.1 Å². The van der Waals surface area contributed by atoms with E-state index in [1.54, 1.807) is 0 Å². The van der Waals surface area contributed by atoms with Crippen molar-refractivity contribution in [3.8, 4) is 21.7 Å². The SMILES string of the molecule is CCCCCCN(CCCCCC)c1cccc(-c2csc(-c3cccc[n+]3C)c2)c1.F[P-](F)(F)(F)(F)F. The monoisotopic (exact) mass is 580 g/mol. The first-order valence-electron chi connectivity index (χ1n) is 13.1. The average Bonchev–Trinajstić information content (AvgIpc) is 3.32. The van der Waals surface area contributed by atoms with Crippen molar-refractivity contribution in [2.75, 3.05) is 18.0 Å². The van der Waals surface area contributed by atoms with E-state index in [9.17, 15) is 25.2 Å². The molecule has 0 saturated heterocycles. The summed E-state index contributed by atoms with van der Waals surface area (Å²) in [6.07, 6.45) is 12.7. The van der Waals surface area contributed by atoms with Crippen molar-refractivity contribution < 1.29 is 29.7 Å². The quantitative estimate of drug-likeness (QED) is 0.0844. The van der Waals surface area contributed by atoms with E-state index in [0.29, 0.717) is 0 Å². The Kier molecular flexibility index (Phi) is 11.2. The molecule has 10 heteroatoms. The molecule has 2 aromatic heterocycles. The third-order valence-electron chi connectivity index (χ3n) is 6.01. The van der Waals surface area contributed by atoms with E-state index < -0.39 is 7.81 Å². The standard InChI is InChI=1S/C28H39N2S.F6P/c1-4-6-8-11-19-30(20-12-9-7-5-2)26-16-14-15-24(21-26)25-22-28(31-23-25)27-17-10-13-18-29(27)3;1-7(2,3,4,5)6/h10,13-18,21-23H,4-9,11-12,19-20H2,1-3H3;/q+1;-1. The number of aromatic nitrogens is 1. The molecule has 214 valence electrons. The van der Waals surface area contributed by atoms with Crippen LogP contribution in [0.2, 0.25) is 0 Å². The minimum atomic E-state index is -10.7. The number of benzene rings is 1. The first-order valence-corrected chi connectivity index (χ1v) is 16.0. The number of hydrogen-bond acceptors (Lipinski definition) is 2. The number of aryl methyl sites for hydroxylation is 1. The van der Waals surface area contributed by atoms with Crippen LogP contribution >= 0.6 is 19.1 Å². The van der Waals surface area contributed by atoms with E-state index in [1.807, 2.05) is 11.3 Å². The molecule has 0 spiro atoms. The van der Waals surface area contributed by atoms with Crippen LogP contribution in [0.25, 0.3) is 21.7 Å². The molecular formula is C28H39F6N2PS. The summed E-state index contributed by atoms with van der Waals surface area (Å²) < 4.78 is 61.4. The fourth-order valence-corrected chi connectivity index (χ4v) is 5.10. The van der Waals surface area contributed by atoms with E-state index >= 15 is 0 Å². The van der Waals surface area contributed by atoms with Gasteiger partial charge in [-0.1, -0.05) is 64.5 Å². The van der Waals surface area contributed by atoms with Crippen LogP contribution in [-0.4, -0.2) is 13.1 Å². The first-order chi connectivity index (χ1) is 17.7. The molecule has 38 heavy (non-hydrogen) atoms. The summed E-state index contributed by atoms with van der Waals surface area (Å²) in [7, 11) is -8.54. The number of rotatable bonds is 13. The van der Waals surface area contributed by atoms with Crippen molar-refractivity contribution >= 4 is 24.8 Å². The van der Waals surface area contributed by atoms with Crippen molar-refractivity contribution in [3.05, 3.63) is 60.1 Å². The van der Waals surface area contributed by atoms with Crippen molar-refractivity contribution in [1.29, 1.82) is 0 Å². The second-order valence-corrected chi connectivity index (χ2v) is 12.3. The number of unbranched alkanes of at least 4 members (excludes halogenated alkanes) is 6. The predicted octanol–water partition coefficient (Wildman–Crippen LogP) is 11.3. The molecule has 0 aliphatic rings. The Labute approximate surface area is 226 Å². The second-order valence-electron chi connectivity index (χ2n) is 9.51. The maximum atomic E-state index is 9.87. The van der Waals surface area contributed by atoms with Crippen molar-refractivity contribution in [3.63, 3.8) is 0 Å². The first kappa shape index (κ1) is 32.1. The molecule has 0 atom stereocenters. The molecule has 2 nitrogen and oxygen atoms in total. The normalized spacial score (nSPS) is 13.3. The summed E-state index contributed by atoms with van der Waals surface area (Å²) in [4.78, 5) is 3.94. The van der Waals surface area contributed by atoms with Gasteiger partial charge in [-0.25, -0.2) is 4.57 Å². The van der Waals surface area contributed by atoms with Crippen LogP contribution in [0.3, 0.4) is 0 Å². The molecular weight excluding hydrogens is 541 g/mol. The molecule has 3 rings (SSSR count). The fourth-order valence-electron chi connectivity index (χ4n) is 4.11. The molecule has 1 aromatic carbocycles. The van der Waals surface area contributed by atoms with E-state index in [-0.39, 0.29) is 0 Å². The fraction of sp³-hybridized carbons (Fsp3) is 0.464. The Hall–Kier alpha value is -2.12. The van der Waals surface area contributed by atoms with Crippen LogP contribution in [0, 0.1) is 0 Å². The Morgan fingerprint density at radius 1 is 0.737 bits per heavy atom. The number of anilines is 1. The van der Waals surface area contributed by atoms with Gasteiger partial charge in [0.2, 0.25) is 5.69 Å². The van der Waals surface area contributed by atoms with Gasteiger partial charge in [0.05, 0.1) is 4.88 Å². The summed E-state index contributed by atoms with van der Waals surface area (Å²) in [6.45, 7) is 6.92. The average molecular weight is 581 g/mol. The molecule has 0 unspecified atom stereocenters. The molecule has 2 heterocycles. The zero-order valence-electron chi connectivity index (χ0n) is 22.4. The molecule has 0 bridgehead atoms. The maximum absolute atomic E-state index is 10.7. The van der Waals surface area contributed by atoms with Gasteiger partial charge in [0.15, 0.2) is 6.20 Å². The van der Waals surface area contributed by atoms with Gasteiger partial charge in [-0.05, 0) is 53.6 Å². The Balaban J connectivity index is 0.000000638. The zero-order chi connectivity index (χ0) is 28.3. The van der Waals surface area contributed by atoms with Gasteiger partial charge < -0.3 is 4.90 Å². The summed E-state index contributed by atoms with van der Waals surface area (Å²) in [6, 6.07) is 17.9. The molecule has 0 amide bonds. The number of nitrogens with zero attached hydrogens (tertiary/aromatic N) is 2. The molecule has 0 aliphatic carbocycles. The van der Waals surface area contributed by atoms with E-state index in [4.69, 9.17) is 0 Å². The predicted molar refractivity (Wildman–Crippen MR) is 150 cm³/mol. The van der Waals surface area contributed by atoms with Crippen LogP contribution in [0.4, 0.5) is 30.9 Å². The third kappa shape index (κ3) is 13.6. The van der Waals surface area contributed by atoms with Gasteiger partial charge >= 0.3 is 33.0 Å².